The molecule has 0 spiro atoms. The predicted molar refractivity (Wildman–Crippen MR) is 85.6 cm³/mol. The summed E-state index contributed by atoms with van der Waals surface area (Å²) in [5.74, 6) is -0.858. The second-order valence-electron chi connectivity index (χ2n) is 5.84. The van der Waals surface area contributed by atoms with Crippen LogP contribution in [-0.4, -0.2) is 14.8 Å². The van der Waals surface area contributed by atoms with Crippen molar-refractivity contribution in [1.82, 2.24) is 14.8 Å². The van der Waals surface area contributed by atoms with Gasteiger partial charge in [0.2, 0.25) is 0 Å². The van der Waals surface area contributed by atoms with Crippen molar-refractivity contribution in [1.29, 1.82) is 0 Å². The van der Waals surface area contributed by atoms with Crippen molar-refractivity contribution in [3.05, 3.63) is 60.6 Å². The molecule has 3 rings (SSSR count). The minimum atomic E-state index is -0.616. The van der Waals surface area contributed by atoms with Gasteiger partial charge in [0.05, 0.1) is 5.56 Å². The first-order chi connectivity index (χ1) is 11.1. The normalized spacial score (nSPS) is 11.2. The Labute approximate surface area is 133 Å². The Kier molecular flexibility index (Phi) is 4.19. The van der Waals surface area contributed by atoms with Crippen molar-refractivity contribution >= 4 is 0 Å². The highest BCUT2D eigenvalue weighted by Gasteiger charge is 2.20. The molecule has 1 aromatic carbocycles. The number of rotatable bonds is 4. The van der Waals surface area contributed by atoms with E-state index in [1.54, 1.807) is 29.2 Å². The molecule has 0 saturated carbocycles. The molecule has 5 heteroatoms. The van der Waals surface area contributed by atoms with Gasteiger partial charge in [-0.15, -0.1) is 0 Å². The fourth-order valence-electron chi connectivity index (χ4n) is 2.54. The lowest BCUT2D eigenvalue weighted by Gasteiger charge is -2.05. The molecule has 0 N–H and O–H groups in total. The smallest absolute Gasteiger partial charge is 0.135 e. The molecule has 0 amide bonds. The molecule has 23 heavy (non-hydrogen) atoms. The van der Waals surface area contributed by atoms with Crippen LogP contribution in [0.4, 0.5) is 8.78 Å². The van der Waals surface area contributed by atoms with Gasteiger partial charge >= 0.3 is 0 Å². The van der Waals surface area contributed by atoms with Gasteiger partial charge in [0.15, 0.2) is 0 Å². The number of nitrogens with zero attached hydrogens (tertiary/aromatic N) is 3. The number of benzene rings is 1. The summed E-state index contributed by atoms with van der Waals surface area (Å²) in [6.45, 7) is 4.81. The van der Waals surface area contributed by atoms with Crippen molar-refractivity contribution in [3.8, 4) is 22.4 Å². The van der Waals surface area contributed by atoms with Gasteiger partial charge in [-0.2, -0.15) is 5.10 Å². The number of hydrogen-bond donors (Lipinski definition) is 0. The van der Waals surface area contributed by atoms with E-state index in [0.29, 0.717) is 23.7 Å². The van der Waals surface area contributed by atoms with Crippen LogP contribution in [0.1, 0.15) is 13.8 Å². The average molecular weight is 313 g/mol. The fraction of sp³-hybridized carbons (Fsp3) is 0.222. The molecule has 3 nitrogen and oxygen atoms in total. The lowest BCUT2D eigenvalue weighted by molar-refractivity contribution is 0.483. The number of hydrogen-bond acceptors (Lipinski definition) is 2. The van der Waals surface area contributed by atoms with E-state index in [2.05, 4.69) is 23.9 Å². The van der Waals surface area contributed by atoms with Crippen molar-refractivity contribution < 1.29 is 8.78 Å². The third-order valence-corrected chi connectivity index (χ3v) is 3.50. The second-order valence-corrected chi connectivity index (χ2v) is 5.84. The Morgan fingerprint density at radius 1 is 1.04 bits per heavy atom. The van der Waals surface area contributed by atoms with Crippen molar-refractivity contribution in [3.63, 3.8) is 0 Å². The minimum absolute atomic E-state index is 0.0955. The van der Waals surface area contributed by atoms with Crippen LogP contribution in [0, 0.1) is 17.6 Å². The van der Waals surface area contributed by atoms with Gasteiger partial charge in [-0.1, -0.05) is 19.9 Å². The minimum Gasteiger partial charge on any atom is -0.271 e. The van der Waals surface area contributed by atoms with E-state index in [1.165, 1.54) is 18.2 Å². The molecule has 2 heterocycles. The summed E-state index contributed by atoms with van der Waals surface area (Å²) >= 11 is 0. The molecule has 0 saturated heterocycles. The first-order valence-corrected chi connectivity index (χ1v) is 7.48. The number of pyridine rings is 1. The monoisotopic (exact) mass is 313 g/mol. The van der Waals surface area contributed by atoms with Crippen LogP contribution in [0.25, 0.3) is 22.4 Å². The van der Waals surface area contributed by atoms with Crippen LogP contribution >= 0.6 is 0 Å². The highest BCUT2D eigenvalue weighted by atomic mass is 19.1. The molecule has 118 valence electrons. The van der Waals surface area contributed by atoms with Crippen LogP contribution in [-0.2, 0) is 6.54 Å². The van der Waals surface area contributed by atoms with Gasteiger partial charge in [-0.05, 0) is 35.7 Å². The summed E-state index contributed by atoms with van der Waals surface area (Å²) in [6, 6.07) is 7.45. The SMILES string of the molecule is CC(C)Cn1cc(-c2ccncc2)c(-c2c(F)cccc2F)n1. The van der Waals surface area contributed by atoms with E-state index in [9.17, 15) is 8.78 Å². The maximum Gasteiger partial charge on any atom is 0.135 e. The zero-order valence-electron chi connectivity index (χ0n) is 13.0. The second kappa shape index (κ2) is 6.28. The van der Waals surface area contributed by atoms with Crippen LogP contribution in [0.2, 0.25) is 0 Å². The first-order valence-electron chi connectivity index (χ1n) is 7.48. The van der Waals surface area contributed by atoms with Gasteiger partial charge in [-0.25, -0.2) is 8.78 Å². The summed E-state index contributed by atoms with van der Waals surface area (Å²) in [6.07, 6.45) is 5.13. The molecule has 0 atom stereocenters. The maximum atomic E-state index is 14.2. The topological polar surface area (TPSA) is 30.7 Å². The number of aromatic nitrogens is 3. The molecule has 0 radical (unpaired) electrons. The van der Waals surface area contributed by atoms with Gasteiger partial charge in [0.25, 0.3) is 0 Å². The Balaban J connectivity index is 2.20. The first kappa shape index (κ1) is 15.3. The maximum absolute atomic E-state index is 14.2. The molecule has 3 aromatic rings. The van der Waals surface area contributed by atoms with E-state index in [-0.39, 0.29) is 5.56 Å². The molecule has 0 fully saturated rings. The van der Waals surface area contributed by atoms with E-state index >= 15 is 0 Å². The Morgan fingerprint density at radius 2 is 1.70 bits per heavy atom. The standard InChI is InChI=1S/C18H17F2N3/c1-12(2)10-23-11-14(13-6-8-21-9-7-13)18(22-23)17-15(19)4-3-5-16(17)20/h3-9,11-12H,10H2,1-2H3. The summed E-state index contributed by atoms with van der Waals surface area (Å²) in [7, 11) is 0. The molecular weight excluding hydrogens is 296 g/mol. The quantitative estimate of drug-likeness (QED) is 0.707. The molecule has 0 bridgehead atoms. The molecule has 2 aromatic heterocycles. The summed E-state index contributed by atoms with van der Waals surface area (Å²) in [5.41, 5.74) is 1.74. The third-order valence-electron chi connectivity index (χ3n) is 3.50. The zero-order chi connectivity index (χ0) is 16.4. The van der Waals surface area contributed by atoms with Gasteiger partial charge in [-0.3, -0.25) is 9.67 Å². The summed E-state index contributed by atoms with van der Waals surface area (Å²) in [5, 5.41) is 4.43. The van der Waals surface area contributed by atoms with Gasteiger partial charge in [0.1, 0.15) is 17.3 Å². The third kappa shape index (κ3) is 3.13. The predicted octanol–water partition coefficient (Wildman–Crippen LogP) is 4.55. The fourth-order valence-corrected chi connectivity index (χ4v) is 2.54. The Bertz CT molecular complexity index is 790. The van der Waals surface area contributed by atoms with E-state index in [0.717, 1.165) is 5.56 Å². The molecule has 0 unspecified atom stereocenters. The summed E-state index contributed by atoms with van der Waals surface area (Å²) < 4.78 is 30.1. The summed E-state index contributed by atoms with van der Waals surface area (Å²) in [4.78, 5) is 3.99. The lowest BCUT2D eigenvalue weighted by Crippen LogP contribution is -2.05. The van der Waals surface area contributed by atoms with Gasteiger partial charge in [0, 0.05) is 30.7 Å². The van der Waals surface area contributed by atoms with Crippen molar-refractivity contribution in [2.75, 3.05) is 0 Å². The zero-order valence-corrected chi connectivity index (χ0v) is 13.0. The largest absolute Gasteiger partial charge is 0.271 e. The van der Waals surface area contributed by atoms with Crippen LogP contribution in [0.5, 0.6) is 0 Å². The Hall–Kier alpha value is -2.56. The van der Waals surface area contributed by atoms with Crippen LogP contribution < -0.4 is 0 Å². The molecule has 0 aliphatic rings. The van der Waals surface area contributed by atoms with E-state index < -0.39 is 11.6 Å². The van der Waals surface area contributed by atoms with Gasteiger partial charge < -0.3 is 0 Å². The highest BCUT2D eigenvalue weighted by molar-refractivity contribution is 5.80. The molecule has 0 aliphatic heterocycles. The Morgan fingerprint density at radius 3 is 2.30 bits per heavy atom. The molecule has 0 aliphatic carbocycles. The van der Waals surface area contributed by atoms with Crippen LogP contribution in [0.15, 0.2) is 48.9 Å². The molecular formula is C18H17F2N3. The van der Waals surface area contributed by atoms with Crippen LogP contribution in [0.3, 0.4) is 0 Å². The lowest BCUT2D eigenvalue weighted by atomic mass is 10.0. The van der Waals surface area contributed by atoms with E-state index in [1.807, 2.05) is 6.20 Å². The highest BCUT2D eigenvalue weighted by Crippen LogP contribution is 2.34. The average Bonchev–Trinajstić information content (AvgIpc) is 2.90. The van der Waals surface area contributed by atoms with E-state index in [4.69, 9.17) is 0 Å². The van der Waals surface area contributed by atoms with Crippen molar-refractivity contribution in [2.45, 2.75) is 20.4 Å². The van der Waals surface area contributed by atoms with Crippen molar-refractivity contribution in [2.24, 2.45) is 5.92 Å². The number of halogens is 2.